The molecule has 0 saturated carbocycles. The Morgan fingerprint density at radius 1 is 1.12 bits per heavy atom. The molecule has 1 unspecified atom stereocenters. The monoisotopic (exact) mass is 359 g/mol. The van der Waals surface area contributed by atoms with Crippen molar-refractivity contribution in [3.63, 3.8) is 0 Å². The zero-order valence-corrected chi connectivity index (χ0v) is 13.8. The summed E-state index contributed by atoms with van der Waals surface area (Å²) in [6.07, 6.45) is -2.84. The number of amides is 1. The Morgan fingerprint density at radius 2 is 1.85 bits per heavy atom. The number of benzene rings is 2. The molecule has 0 fully saturated rings. The molecule has 3 rings (SSSR count). The number of alkyl halides is 3. The molecule has 0 radical (unpaired) electrons. The molecule has 1 atom stereocenters. The molecule has 0 aliphatic carbocycles. The topological polar surface area (TPSA) is 57.8 Å². The van der Waals surface area contributed by atoms with Gasteiger partial charge in [0.1, 0.15) is 5.82 Å². The molecule has 0 bridgehead atoms. The van der Waals surface area contributed by atoms with Gasteiger partial charge in [0.05, 0.1) is 23.5 Å². The van der Waals surface area contributed by atoms with E-state index in [2.05, 4.69) is 15.3 Å². The second kappa shape index (κ2) is 7.03. The van der Waals surface area contributed by atoms with E-state index in [0.717, 1.165) is 23.4 Å². The van der Waals surface area contributed by atoms with Crippen molar-refractivity contribution >= 4 is 5.91 Å². The largest absolute Gasteiger partial charge is 0.416 e. The van der Waals surface area contributed by atoms with E-state index >= 15 is 0 Å². The molecule has 7 heteroatoms. The second-order valence-corrected chi connectivity index (χ2v) is 5.82. The standard InChI is InChI=1S/C19H16F3N3O/c1-12(17-23-11-16(25-17)13-6-3-2-4-7-13)24-18(26)14-8-5-9-15(10-14)19(20,21)22/h2-12H,1H3,(H,23,25)(H,24,26). The number of aromatic amines is 1. The average Bonchev–Trinajstić information content (AvgIpc) is 3.12. The predicted molar refractivity (Wildman–Crippen MR) is 91.3 cm³/mol. The van der Waals surface area contributed by atoms with Crippen molar-refractivity contribution < 1.29 is 18.0 Å². The Hall–Kier alpha value is -3.09. The summed E-state index contributed by atoms with van der Waals surface area (Å²) in [5, 5.41) is 2.66. The number of imidazole rings is 1. The van der Waals surface area contributed by atoms with Crippen LogP contribution in [-0.4, -0.2) is 15.9 Å². The fraction of sp³-hybridized carbons (Fsp3) is 0.158. The van der Waals surface area contributed by atoms with E-state index in [1.807, 2.05) is 30.3 Å². The highest BCUT2D eigenvalue weighted by Gasteiger charge is 2.31. The van der Waals surface area contributed by atoms with E-state index in [0.29, 0.717) is 5.82 Å². The molecular formula is C19H16F3N3O. The molecule has 0 spiro atoms. The molecule has 1 heterocycles. The summed E-state index contributed by atoms with van der Waals surface area (Å²) in [6, 6.07) is 13.4. The summed E-state index contributed by atoms with van der Waals surface area (Å²) in [5.41, 5.74) is 0.826. The van der Waals surface area contributed by atoms with Gasteiger partial charge in [-0.3, -0.25) is 4.79 Å². The highest BCUT2D eigenvalue weighted by atomic mass is 19.4. The first-order valence-corrected chi connectivity index (χ1v) is 7.93. The third kappa shape index (κ3) is 3.93. The van der Waals surface area contributed by atoms with Crippen LogP contribution in [-0.2, 0) is 6.18 Å². The average molecular weight is 359 g/mol. The van der Waals surface area contributed by atoms with Gasteiger partial charge >= 0.3 is 6.18 Å². The minimum atomic E-state index is -4.49. The minimum Gasteiger partial charge on any atom is -0.342 e. The number of carbonyl (C=O) groups is 1. The molecular weight excluding hydrogens is 343 g/mol. The Labute approximate surface area is 148 Å². The Bertz CT molecular complexity index is 904. The van der Waals surface area contributed by atoms with Crippen LogP contribution in [0.25, 0.3) is 11.3 Å². The van der Waals surface area contributed by atoms with Gasteiger partial charge in [-0.05, 0) is 30.7 Å². The van der Waals surface area contributed by atoms with Crippen molar-refractivity contribution in [2.75, 3.05) is 0 Å². The smallest absolute Gasteiger partial charge is 0.342 e. The summed E-state index contributed by atoms with van der Waals surface area (Å²) in [6.45, 7) is 1.71. The number of hydrogen-bond acceptors (Lipinski definition) is 2. The van der Waals surface area contributed by atoms with Crippen LogP contribution in [0.15, 0.2) is 60.8 Å². The van der Waals surface area contributed by atoms with E-state index in [1.54, 1.807) is 13.1 Å². The van der Waals surface area contributed by atoms with Crippen LogP contribution in [0.3, 0.4) is 0 Å². The van der Waals surface area contributed by atoms with Crippen LogP contribution in [0, 0.1) is 0 Å². The first-order chi connectivity index (χ1) is 12.3. The van der Waals surface area contributed by atoms with Crippen molar-refractivity contribution in [2.45, 2.75) is 19.1 Å². The molecule has 2 N–H and O–H groups in total. The van der Waals surface area contributed by atoms with Crippen LogP contribution >= 0.6 is 0 Å². The van der Waals surface area contributed by atoms with Crippen molar-refractivity contribution in [1.29, 1.82) is 0 Å². The van der Waals surface area contributed by atoms with E-state index in [4.69, 9.17) is 0 Å². The van der Waals surface area contributed by atoms with Gasteiger partial charge in [-0.25, -0.2) is 4.98 Å². The van der Waals surface area contributed by atoms with Gasteiger partial charge in [0.2, 0.25) is 0 Å². The number of aromatic nitrogens is 2. The molecule has 0 aliphatic rings. The normalized spacial score (nSPS) is 12.6. The van der Waals surface area contributed by atoms with E-state index in [1.165, 1.54) is 12.1 Å². The highest BCUT2D eigenvalue weighted by Crippen LogP contribution is 2.29. The summed E-state index contributed by atoms with van der Waals surface area (Å²) in [5.74, 6) is -0.0783. The minimum absolute atomic E-state index is 0.0542. The Balaban J connectivity index is 1.73. The molecule has 3 aromatic rings. The number of nitrogens with zero attached hydrogens (tertiary/aromatic N) is 1. The molecule has 26 heavy (non-hydrogen) atoms. The lowest BCUT2D eigenvalue weighted by Gasteiger charge is -2.13. The summed E-state index contributed by atoms with van der Waals surface area (Å²) >= 11 is 0. The van der Waals surface area contributed by atoms with Crippen molar-refractivity contribution in [3.8, 4) is 11.3 Å². The van der Waals surface area contributed by atoms with Gasteiger partial charge in [-0.2, -0.15) is 13.2 Å². The number of hydrogen-bond donors (Lipinski definition) is 2. The van der Waals surface area contributed by atoms with Crippen molar-refractivity contribution in [3.05, 3.63) is 77.7 Å². The number of carbonyl (C=O) groups excluding carboxylic acids is 1. The maximum absolute atomic E-state index is 12.8. The number of halogens is 3. The lowest BCUT2D eigenvalue weighted by atomic mass is 10.1. The van der Waals surface area contributed by atoms with Gasteiger partial charge in [-0.1, -0.05) is 36.4 Å². The zero-order chi connectivity index (χ0) is 18.7. The lowest BCUT2D eigenvalue weighted by molar-refractivity contribution is -0.137. The van der Waals surface area contributed by atoms with Crippen LogP contribution in [0.2, 0.25) is 0 Å². The fourth-order valence-corrected chi connectivity index (χ4v) is 2.51. The van der Waals surface area contributed by atoms with Gasteiger partial charge < -0.3 is 10.3 Å². The summed E-state index contributed by atoms with van der Waals surface area (Å²) in [4.78, 5) is 19.6. The Kier molecular flexibility index (Phi) is 4.79. The quantitative estimate of drug-likeness (QED) is 0.716. The summed E-state index contributed by atoms with van der Waals surface area (Å²) < 4.78 is 38.3. The highest BCUT2D eigenvalue weighted by molar-refractivity contribution is 5.94. The first kappa shape index (κ1) is 17.7. The van der Waals surface area contributed by atoms with Crippen molar-refractivity contribution in [2.24, 2.45) is 0 Å². The van der Waals surface area contributed by atoms with E-state index in [-0.39, 0.29) is 5.56 Å². The van der Waals surface area contributed by atoms with Gasteiger partial charge in [0, 0.05) is 5.56 Å². The maximum atomic E-state index is 12.8. The number of nitrogens with one attached hydrogen (secondary N) is 2. The zero-order valence-electron chi connectivity index (χ0n) is 13.8. The second-order valence-electron chi connectivity index (χ2n) is 5.82. The third-order valence-electron chi connectivity index (χ3n) is 3.89. The van der Waals surface area contributed by atoms with Crippen LogP contribution in [0.5, 0.6) is 0 Å². The van der Waals surface area contributed by atoms with Crippen LogP contribution in [0.1, 0.15) is 34.7 Å². The molecule has 1 aromatic heterocycles. The fourth-order valence-electron chi connectivity index (χ4n) is 2.51. The van der Waals surface area contributed by atoms with Gasteiger partial charge in [0.25, 0.3) is 5.91 Å². The van der Waals surface area contributed by atoms with Gasteiger partial charge in [-0.15, -0.1) is 0 Å². The van der Waals surface area contributed by atoms with Gasteiger partial charge in [0.15, 0.2) is 0 Å². The molecule has 4 nitrogen and oxygen atoms in total. The van der Waals surface area contributed by atoms with Crippen LogP contribution < -0.4 is 5.32 Å². The summed E-state index contributed by atoms with van der Waals surface area (Å²) in [7, 11) is 0. The molecule has 134 valence electrons. The maximum Gasteiger partial charge on any atom is 0.416 e. The van der Waals surface area contributed by atoms with E-state index in [9.17, 15) is 18.0 Å². The van der Waals surface area contributed by atoms with E-state index < -0.39 is 23.7 Å². The molecule has 1 amide bonds. The third-order valence-corrected chi connectivity index (χ3v) is 3.89. The first-order valence-electron chi connectivity index (χ1n) is 7.93. The predicted octanol–water partition coefficient (Wildman–Crippen LogP) is 4.59. The SMILES string of the molecule is CC(NC(=O)c1cccc(C(F)(F)F)c1)c1ncc(-c2ccccc2)[nH]1. The number of rotatable bonds is 4. The Morgan fingerprint density at radius 3 is 2.54 bits per heavy atom. The van der Waals surface area contributed by atoms with Crippen molar-refractivity contribution in [1.82, 2.24) is 15.3 Å². The molecule has 2 aromatic carbocycles. The number of H-pyrrole nitrogens is 1. The molecule has 0 saturated heterocycles. The lowest BCUT2D eigenvalue weighted by Crippen LogP contribution is -2.27. The van der Waals surface area contributed by atoms with Crippen LogP contribution in [0.4, 0.5) is 13.2 Å². The molecule has 0 aliphatic heterocycles.